The summed E-state index contributed by atoms with van der Waals surface area (Å²) < 4.78 is 14.1. The van der Waals surface area contributed by atoms with Crippen LogP contribution >= 0.6 is 22.6 Å². The molecule has 0 fully saturated rings. The highest BCUT2D eigenvalue weighted by Gasteiger charge is 2.16. The molecule has 0 aliphatic heterocycles. The van der Waals surface area contributed by atoms with Crippen LogP contribution in [0, 0.1) is 9.39 Å². The van der Waals surface area contributed by atoms with Crippen molar-refractivity contribution in [2.45, 2.75) is 6.42 Å². The van der Waals surface area contributed by atoms with Crippen LogP contribution in [0.5, 0.6) is 0 Å². The number of carbonyl (C=O) groups excluding carboxylic acids is 1. The first-order valence-corrected chi connectivity index (χ1v) is 8.09. The second kappa shape index (κ2) is 8.08. The summed E-state index contributed by atoms with van der Waals surface area (Å²) in [5, 5.41) is 0. The first-order chi connectivity index (χ1) is 10.6. The van der Waals surface area contributed by atoms with Crippen molar-refractivity contribution < 1.29 is 9.18 Å². The zero-order chi connectivity index (χ0) is 15.9. The normalized spacial score (nSPS) is 10.3. The molecule has 114 valence electrons. The van der Waals surface area contributed by atoms with E-state index in [0.717, 1.165) is 12.0 Å². The van der Waals surface area contributed by atoms with Gasteiger partial charge >= 0.3 is 0 Å². The van der Waals surface area contributed by atoms with Crippen LogP contribution in [0.2, 0.25) is 0 Å². The number of carbonyl (C=O) groups is 1. The summed E-state index contributed by atoms with van der Waals surface area (Å²) in [7, 11) is 0. The van der Waals surface area contributed by atoms with Crippen molar-refractivity contribution in [1.82, 2.24) is 4.90 Å². The number of amides is 1. The van der Waals surface area contributed by atoms with Gasteiger partial charge < -0.3 is 4.90 Å². The lowest BCUT2D eigenvalue weighted by Crippen LogP contribution is -2.33. The first kappa shape index (κ1) is 16.7. The van der Waals surface area contributed by atoms with E-state index in [1.165, 1.54) is 6.07 Å². The highest BCUT2D eigenvalue weighted by Crippen LogP contribution is 2.15. The number of hydrogen-bond acceptors (Lipinski definition) is 1. The molecular formula is C18H17FINO. The van der Waals surface area contributed by atoms with E-state index in [-0.39, 0.29) is 11.7 Å². The molecule has 4 heteroatoms. The lowest BCUT2D eigenvalue weighted by atomic mass is 10.1. The third-order valence-electron chi connectivity index (χ3n) is 3.32. The molecule has 0 atom stereocenters. The number of halogens is 2. The fourth-order valence-electron chi connectivity index (χ4n) is 2.15. The van der Waals surface area contributed by atoms with Gasteiger partial charge in [0.2, 0.25) is 0 Å². The number of benzene rings is 2. The van der Waals surface area contributed by atoms with Gasteiger partial charge in [0.15, 0.2) is 0 Å². The average molecular weight is 409 g/mol. The van der Waals surface area contributed by atoms with Crippen molar-refractivity contribution >= 4 is 28.5 Å². The molecule has 0 spiro atoms. The highest BCUT2D eigenvalue weighted by atomic mass is 127. The maximum atomic E-state index is 13.6. The Kier molecular flexibility index (Phi) is 6.12. The predicted octanol–water partition coefficient (Wildman–Crippen LogP) is 4.30. The molecule has 2 aromatic carbocycles. The minimum atomic E-state index is -0.368. The van der Waals surface area contributed by atoms with Gasteiger partial charge in [0, 0.05) is 22.2 Å². The summed E-state index contributed by atoms with van der Waals surface area (Å²) in [5.74, 6) is -0.542. The van der Waals surface area contributed by atoms with Crippen LogP contribution in [0.1, 0.15) is 15.9 Å². The number of hydrogen-bond donors (Lipinski definition) is 0. The summed E-state index contributed by atoms with van der Waals surface area (Å²) in [6, 6.07) is 14.5. The molecule has 2 rings (SSSR count). The van der Waals surface area contributed by atoms with E-state index in [4.69, 9.17) is 0 Å². The van der Waals surface area contributed by atoms with Crippen molar-refractivity contribution in [3.05, 3.63) is 81.7 Å². The molecule has 2 aromatic rings. The zero-order valence-electron chi connectivity index (χ0n) is 12.1. The monoisotopic (exact) mass is 409 g/mol. The standard InChI is InChI=1S/C18H17FINO/c1-2-11-21(12-10-14-6-4-3-5-7-14)18(22)15-8-9-17(20)16(19)13-15/h2-9,13H,1,10-12H2. The van der Waals surface area contributed by atoms with E-state index in [9.17, 15) is 9.18 Å². The maximum Gasteiger partial charge on any atom is 0.254 e. The fraction of sp³-hybridized carbons (Fsp3) is 0.167. The maximum absolute atomic E-state index is 13.6. The Labute approximate surface area is 143 Å². The molecule has 0 unspecified atom stereocenters. The van der Waals surface area contributed by atoms with Gasteiger partial charge in [-0.3, -0.25) is 4.79 Å². The minimum Gasteiger partial charge on any atom is -0.335 e. The molecule has 0 aromatic heterocycles. The van der Waals surface area contributed by atoms with Crippen LogP contribution in [0.25, 0.3) is 0 Å². The molecule has 0 aliphatic rings. The topological polar surface area (TPSA) is 20.3 Å². The van der Waals surface area contributed by atoms with Crippen molar-refractivity contribution in [1.29, 1.82) is 0 Å². The summed E-state index contributed by atoms with van der Waals surface area (Å²) >= 11 is 1.91. The first-order valence-electron chi connectivity index (χ1n) is 7.01. The molecule has 22 heavy (non-hydrogen) atoms. The second-order valence-corrected chi connectivity index (χ2v) is 6.07. The Bertz CT molecular complexity index is 657. The van der Waals surface area contributed by atoms with Crippen molar-refractivity contribution in [3.8, 4) is 0 Å². The molecule has 0 aliphatic carbocycles. The van der Waals surface area contributed by atoms with E-state index in [0.29, 0.717) is 22.2 Å². The quantitative estimate of drug-likeness (QED) is 0.515. The van der Waals surface area contributed by atoms with Gasteiger partial charge in [0.25, 0.3) is 5.91 Å². The smallest absolute Gasteiger partial charge is 0.254 e. The molecule has 0 saturated heterocycles. The zero-order valence-corrected chi connectivity index (χ0v) is 14.3. The second-order valence-electron chi connectivity index (χ2n) is 4.90. The molecule has 1 amide bonds. The van der Waals surface area contributed by atoms with Gasteiger partial charge in [0.1, 0.15) is 5.82 Å². The van der Waals surface area contributed by atoms with Crippen LogP contribution in [-0.2, 0) is 6.42 Å². The van der Waals surface area contributed by atoms with E-state index < -0.39 is 0 Å². The van der Waals surface area contributed by atoms with E-state index in [1.807, 2.05) is 52.9 Å². The SMILES string of the molecule is C=CCN(CCc1ccccc1)C(=O)c1ccc(I)c(F)c1. The Morgan fingerprint density at radius 3 is 2.59 bits per heavy atom. The highest BCUT2D eigenvalue weighted by molar-refractivity contribution is 14.1. The minimum absolute atomic E-state index is 0.175. The van der Waals surface area contributed by atoms with Crippen LogP contribution in [0.4, 0.5) is 4.39 Å². The Morgan fingerprint density at radius 2 is 1.95 bits per heavy atom. The van der Waals surface area contributed by atoms with Gasteiger partial charge in [-0.15, -0.1) is 6.58 Å². The van der Waals surface area contributed by atoms with Crippen molar-refractivity contribution in [3.63, 3.8) is 0 Å². The summed E-state index contributed by atoms with van der Waals surface area (Å²) in [5.41, 5.74) is 1.53. The van der Waals surface area contributed by atoms with Crippen molar-refractivity contribution in [2.24, 2.45) is 0 Å². The third kappa shape index (κ3) is 4.40. The Hall–Kier alpha value is -1.69. The van der Waals surface area contributed by atoms with Gasteiger partial charge in [-0.2, -0.15) is 0 Å². The summed E-state index contributed by atoms with van der Waals surface area (Å²) in [6.45, 7) is 4.71. The Balaban J connectivity index is 2.10. The van der Waals surface area contributed by atoms with Gasteiger partial charge in [-0.25, -0.2) is 4.39 Å². The predicted molar refractivity (Wildman–Crippen MR) is 95.4 cm³/mol. The van der Waals surface area contributed by atoms with Crippen LogP contribution in [-0.4, -0.2) is 23.9 Å². The number of nitrogens with zero attached hydrogens (tertiary/aromatic N) is 1. The van der Waals surface area contributed by atoms with E-state index >= 15 is 0 Å². The molecule has 0 radical (unpaired) electrons. The third-order valence-corrected chi connectivity index (χ3v) is 4.19. The van der Waals surface area contributed by atoms with Gasteiger partial charge in [-0.05, 0) is 52.8 Å². The largest absolute Gasteiger partial charge is 0.335 e. The molecule has 0 heterocycles. The van der Waals surface area contributed by atoms with Gasteiger partial charge in [0.05, 0.1) is 0 Å². The average Bonchev–Trinajstić information content (AvgIpc) is 2.54. The van der Waals surface area contributed by atoms with E-state index in [1.54, 1.807) is 23.1 Å². The molecular weight excluding hydrogens is 392 g/mol. The molecule has 0 bridgehead atoms. The van der Waals surface area contributed by atoms with E-state index in [2.05, 4.69) is 6.58 Å². The molecule has 0 N–H and O–H groups in total. The number of rotatable bonds is 6. The lowest BCUT2D eigenvalue weighted by molar-refractivity contribution is 0.0775. The van der Waals surface area contributed by atoms with Crippen LogP contribution < -0.4 is 0 Å². The van der Waals surface area contributed by atoms with Crippen molar-refractivity contribution in [2.75, 3.05) is 13.1 Å². The summed E-state index contributed by atoms with van der Waals surface area (Å²) in [4.78, 5) is 14.2. The molecule has 2 nitrogen and oxygen atoms in total. The lowest BCUT2D eigenvalue weighted by Gasteiger charge is -2.21. The Morgan fingerprint density at radius 1 is 1.23 bits per heavy atom. The van der Waals surface area contributed by atoms with Crippen LogP contribution in [0.3, 0.4) is 0 Å². The summed E-state index contributed by atoms with van der Waals surface area (Å²) in [6.07, 6.45) is 2.44. The van der Waals surface area contributed by atoms with Gasteiger partial charge in [-0.1, -0.05) is 36.4 Å². The van der Waals surface area contributed by atoms with Crippen LogP contribution in [0.15, 0.2) is 61.2 Å². The fourth-order valence-corrected chi connectivity index (χ4v) is 2.49. The molecule has 0 saturated carbocycles.